The minimum absolute atomic E-state index is 0.0829. The van der Waals surface area contributed by atoms with E-state index in [0.717, 1.165) is 15.9 Å². The molecule has 0 unspecified atom stereocenters. The Balaban J connectivity index is 1.68. The molecular formula is C33H25ClN3O2P. The number of hydrogen-bond donors (Lipinski definition) is 0. The second-order valence-electron chi connectivity index (χ2n) is 9.05. The van der Waals surface area contributed by atoms with Crippen LogP contribution in [-0.2, 0) is 0 Å². The molecule has 196 valence electrons. The van der Waals surface area contributed by atoms with Gasteiger partial charge in [0.2, 0.25) is 0 Å². The number of hydrogen-bond acceptors (Lipinski definition) is 5. The Hall–Kier alpha value is -4.57. The number of aromatic nitrogens is 3. The van der Waals surface area contributed by atoms with Crippen molar-refractivity contribution >= 4 is 38.7 Å². The Kier molecular flexibility index (Phi) is 7.00. The van der Waals surface area contributed by atoms with Crippen LogP contribution in [0.3, 0.4) is 0 Å². The van der Waals surface area contributed by atoms with Crippen LogP contribution in [0, 0.1) is 0 Å². The van der Waals surface area contributed by atoms with Crippen LogP contribution in [0.4, 0.5) is 0 Å². The van der Waals surface area contributed by atoms with Crippen molar-refractivity contribution in [2.24, 2.45) is 0 Å². The van der Waals surface area contributed by atoms with Gasteiger partial charge in [-0.1, -0.05) is 0 Å². The molecule has 0 aliphatic rings. The van der Waals surface area contributed by atoms with E-state index in [1.807, 2.05) is 152 Å². The normalized spacial score (nSPS) is 12.2. The zero-order valence-electron chi connectivity index (χ0n) is 21.4. The predicted molar refractivity (Wildman–Crippen MR) is 163 cm³/mol. The summed E-state index contributed by atoms with van der Waals surface area (Å²) >= 11 is 8.32. The summed E-state index contributed by atoms with van der Waals surface area (Å²) in [6.45, 7) is 0. The van der Waals surface area contributed by atoms with Crippen LogP contribution < -0.4 is 31.0 Å². The second-order valence-corrected chi connectivity index (χ2v) is 15.0. The molecule has 0 N–H and O–H groups in total. The molecule has 6 rings (SSSR count). The van der Waals surface area contributed by atoms with Crippen molar-refractivity contribution in [1.82, 2.24) is 15.0 Å². The van der Waals surface area contributed by atoms with E-state index in [0.29, 0.717) is 17.1 Å². The summed E-state index contributed by atoms with van der Waals surface area (Å²) < 4.78 is 12.3. The fourth-order valence-electron chi connectivity index (χ4n) is 4.71. The molecule has 0 saturated heterocycles. The standard InChI is InChI=1S/C33H25ClN3O2P/c34-40(28-20-10-3-11-21-28,29-22-12-4-13-23-29,30-24-14-5-15-25-30)33-36-31(38-26-16-6-1-7-17-26)35-32(37-33)39-27-18-8-2-9-19-27/h1-25H. The molecule has 7 heteroatoms. The van der Waals surface area contributed by atoms with E-state index in [1.54, 1.807) is 0 Å². The summed E-state index contributed by atoms with van der Waals surface area (Å²) in [6.07, 6.45) is 0. The van der Waals surface area contributed by atoms with Crippen molar-refractivity contribution < 1.29 is 9.47 Å². The van der Waals surface area contributed by atoms with Crippen molar-refractivity contribution in [3.05, 3.63) is 152 Å². The van der Waals surface area contributed by atoms with Crippen molar-refractivity contribution in [3.8, 4) is 23.5 Å². The summed E-state index contributed by atoms with van der Waals surface area (Å²) in [5.41, 5.74) is 0.364. The minimum atomic E-state index is -4.08. The van der Waals surface area contributed by atoms with E-state index < -0.39 is 5.96 Å². The van der Waals surface area contributed by atoms with Crippen molar-refractivity contribution in [2.75, 3.05) is 0 Å². The van der Waals surface area contributed by atoms with E-state index in [1.165, 1.54) is 0 Å². The Morgan fingerprint density at radius 1 is 0.400 bits per heavy atom. The van der Waals surface area contributed by atoms with Gasteiger partial charge in [0.25, 0.3) is 0 Å². The molecule has 6 aromatic rings. The van der Waals surface area contributed by atoms with Gasteiger partial charge in [0, 0.05) is 0 Å². The van der Waals surface area contributed by atoms with Gasteiger partial charge in [-0.05, 0) is 0 Å². The molecule has 0 spiro atoms. The Morgan fingerprint density at radius 2 is 0.700 bits per heavy atom. The first-order valence-corrected chi connectivity index (χ1v) is 15.9. The second kappa shape index (κ2) is 10.9. The van der Waals surface area contributed by atoms with Crippen LogP contribution in [0.2, 0.25) is 0 Å². The van der Waals surface area contributed by atoms with Crippen LogP contribution in [-0.4, -0.2) is 15.0 Å². The Labute approximate surface area is 237 Å². The van der Waals surface area contributed by atoms with Crippen LogP contribution in [0.1, 0.15) is 0 Å². The van der Waals surface area contributed by atoms with E-state index in [-0.39, 0.29) is 12.0 Å². The number of halogens is 1. The van der Waals surface area contributed by atoms with Crippen molar-refractivity contribution in [1.29, 1.82) is 0 Å². The van der Waals surface area contributed by atoms with Crippen molar-refractivity contribution in [2.45, 2.75) is 0 Å². The van der Waals surface area contributed by atoms with Crippen LogP contribution >= 0.6 is 17.2 Å². The Morgan fingerprint density at radius 3 is 1.02 bits per heavy atom. The number of para-hydroxylation sites is 2. The van der Waals surface area contributed by atoms with Gasteiger partial charge >= 0.3 is 238 Å². The van der Waals surface area contributed by atoms with E-state index >= 15 is 0 Å². The maximum atomic E-state index is 8.32. The molecule has 40 heavy (non-hydrogen) atoms. The molecule has 0 atom stereocenters. The molecule has 0 radical (unpaired) electrons. The van der Waals surface area contributed by atoms with Crippen LogP contribution in [0.5, 0.6) is 23.5 Å². The number of ether oxygens (including phenoxy) is 2. The summed E-state index contributed by atoms with van der Waals surface area (Å²) in [5.74, 6) is -2.91. The predicted octanol–water partition coefficient (Wildman–Crippen LogP) is 6.77. The van der Waals surface area contributed by atoms with E-state index in [9.17, 15) is 0 Å². The molecule has 0 fully saturated rings. The van der Waals surface area contributed by atoms with E-state index in [4.69, 9.17) is 30.7 Å². The fourth-order valence-corrected chi connectivity index (χ4v) is 10.3. The topological polar surface area (TPSA) is 57.1 Å². The summed E-state index contributed by atoms with van der Waals surface area (Å²) in [4.78, 5) is 14.4. The quantitative estimate of drug-likeness (QED) is 0.192. The zero-order chi connectivity index (χ0) is 27.3. The molecule has 5 aromatic carbocycles. The van der Waals surface area contributed by atoms with Gasteiger partial charge in [0.1, 0.15) is 0 Å². The number of nitrogens with zero attached hydrogens (tertiary/aromatic N) is 3. The third-order valence-corrected chi connectivity index (χ3v) is 13.6. The SMILES string of the molecule is ClP(c1ccccc1)(c1ccccc1)(c1ccccc1)c1nc(Oc2ccccc2)nc(Oc2ccccc2)n1. The van der Waals surface area contributed by atoms with Gasteiger partial charge < -0.3 is 0 Å². The van der Waals surface area contributed by atoms with Crippen LogP contribution in [0.25, 0.3) is 0 Å². The van der Waals surface area contributed by atoms with Gasteiger partial charge in [0.05, 0.1) is 0 Å². The third kappa shape index (κ3) is 4.60. The number of benzene rings is 5. The van der Waals surface area contributed by atoms with Crippen molar-refractivity contribution in [3.63, 3.8) is 0 Å². The van der Waals surface area contributed by atoms with Gasteiger partial charge in [-0.3, -0.25) is 0 Å². The average Bonchev–Trinajstić information content (AvgIpc) is 3.03. The molecule has 0 amide bonds. The molecular weight excluding hydrogens is 537 g/mol. The Bertz CT molecular complexity index is 1550. The molecule has 1 aromatic heterocycles. The first kappa shape index (κ1) is 25.7. The monoisotopic (exact) mass is 561 g/mol. The van der Waals surface area contributed by atoms with E-state index in [2.05, 4.69) is 4.98 Å². The fraction of sp³-hybridized carbons (Fsp3) is 0. The van der Waals surface area contributed by atoms with Gasteiger partial charge in [-0.25, -0.2) is 0 Å². The maximum absolute atomic E-state index is 8.32. The summed E-state index contributed by atoms with van der Waals surface area (Å²) in [6, 6.07) is 48.9. The molecule has 1 heterocycles. The molecule has 5 nitrogen and oxygen atoms in total. The van der Waals surface area contributed by atoms with Gasteiger partial charge in [-0.2, -0.15) is 0 Å². The summed E-state index contributed by atoms with van der Waals surface area (Å²) in [7, 11) is 0. The average molecular weight is 562 g/mol. The number of rotatable bonds is 8. The zero-order valence-corrected chi connectivity index (χ0v) is 23.1. The van der Waals surface area contributed by atoms with Gasteiger partial charge in [-0.15, -0.1) is 0 Å². The first-order valence-electron chi connectivity index (χ1n) is 12.8. The van der Waals surface area contributed by atoms with Crippen LogP contribution in [0.15, 0.2) is 152 Å². The molecule has 0 bridgehead atoms. The molecule has 0 saturated carbocycles. The molecule has 0 aliphatic heterocycles. The first-order chi connectivity index (χ1) is 19.6. The van der Waals surface area contributed by atoms with Gasteiger partial charge in [0.15, 0.2) is 0 Å². The molecule has 0 aliphatic carbocycles. The third-order valence-electron chi connectivity index (χ3n) is 6.59. The summed E-state index contributed by atoms with van der Waals surface area (Å²) in [5, 5.41) is 2.65.